The lowest BCUT2D eigenvalue weighted by Gasteiger charge is -2.30. The van der Waals surface area contributed by atoms with Crippen molar-refractivity contribution in [3.8, 4) is 11.5 Å². The molecule has 1 aliphatic heterocycles. The van der Waals surface area contributed by atoms with Crippen LogP contribution in [0.25, 0.3) is 0 Å². The highest BCUT2D eigenvalue weighted by Gasteiger charge is 2.31. The predicted octanol–water partition coefficient (Wildman–Crippen LogP) is 2.55. The lowest BCUT2D eigenvalue weighted by atomic mass is 10.1. The number of benzene rings is 2. The highest BCUT2D eigenvalue weighted by molar-refractivity contribution is 6.11. The van der Waals surface area contributed by atoms with Crippen molar-refractivity contribution >= 4 is 29.2 Å². The second kappa shape index (κ2) is 9.30. The van der Waals surface area contributed by atoms with E-state index in [0.29, 0.717) is 29.3 Å². The Bertz CT molecular complexity index is 958. The van der Waals surface area contributed by atoms with Crippen LogP contribution in [0.4, 0.5) is 11.4 Å². The van der Waals surface area contributed by atoms with E-state index >= 15 is 0 Å². The van der Waals surface area contributed by atoms with Crippen LogP contribution in [0, 0.1) is 0 Å². The molecule has 0 radical (unpaired) electrons. The molecule has 0 spiro atoms. The number of hydrogen-bond donors (Lipinski definition) is 1. The van der Waals surface area contributed by atoms with Crippen molar-refractivity contribution in [3.63, 3.8) is 0 Å². The fourth-order valence-corrected chi connectivity index (χ4v) is 3.24. The summed E-state index contributed by atoms with van der Waals surface area (Å²) in [6.07, 6.45) is -0.485. The Balaban J connectivity index is 1.59. The number of anilines is 2. The van der Waals surface area contributed by atoms with E-state index < -0.39 is 18.0 Å². The minimum absolute atomic E-state index is 0.101. The van der Waals surface area contributed by atoms with Crippen molar-refractivity contribution in [1.29, 1.82) is 0 Å². The number of nitrogens with zero attached hydrogens (tertiary/aromatic N) is 1. The van der Waals surface area contributed by atoms with Crippen LogP contribution in [-0.4, -0.2) is 44.7 Å². The number of fused-ring (bicyclic) bond motifs is 1. The molecule has 158 valence electrons. The Morgan fingerprint density at radius 2 is 1.83 bits per heavy atom. The maximum Gasteiger partial charge on any atom is 0.306 e. The van der Waals surface area contributed by atoms with Gasteiger partial charge in [-0.15, -0.1) is 0 Å². The molecule has 8 nitrogen and oxygen atoms in total. The summed E-state index contributed by atoms with van der Waals surface area (Å²) in [6, 6.07) is 12.4. The van der Waals surface area contributed by atoms with Gasteiger partial charge < -0.3 is 19.5 Å². The Morgan fingerprint density at radius 1 is 1.10 bits per heavy atom. The molecule has 30 heavy (non-hydrogen) atoms. The van der Waals surface area contributed by atoms with Crippen LogP contribution in [-0.2, 0) is 25.5 Å². The summed E-state index contributed by atoms with van der Waals surface area (Å²) in [5.41, 5.74) is 2.01. The molecule has 3 rings (SSSR count). The SMILES string of the molecule is COc1ccc(CCC(=O)O[C@H](C)C(=O)N2CC(=O)Nc3ccccc32)cc1OC. The van der Waals surface area contributed by atoms with Crippen molar-refractivity contribution in [2.75, 3.05) is 31.0 Å². The van der Waals surface area contributed by atoms with Crippen LogP contribution >= 0.6 is 0 Å². The topological polar surface area (TPSA) is 94.2 Å². The van der Waals surface area contributed by atoms with Crippen molar-refractivity contribution in [1.82, 2.24) is 0 Å². The smallest absolute Gasteiger partial charge is 0.306 e. The van der Waals surface area contributed by atoms with Gasteiger partial charge in [0.25, 0.3) is 5.91 Å². The first kappa shape index (κ1) is 21.2. The number of para-hydroxylation sites is 2. The van der Waals surface area contributed by atoms with Gasteiger partial charge in [-0.3, -0.25) is 19.3 Å². The van der Waals surface area contributed by atoms with Crippen LogP contribution in [0.1, 0.15) is 18.9 Å². The summed E-state index contributed by atoms with van der Waals surface area (Å²) in [7, 11) is 3.10. The Morgan fingerprint density at radius 3 is 2.57 bits per heavy atom. The third-order valence-electron chi connectivity index (χ3n) is 4.76. The summed E-state index contributed by atoms with van der Waals surface area (Å²) in [6.45, 7) is 1.38. The molecule has 2 amide bonds. The molecule has 0 unspecified atom stereocenters. The summed E-state index contributed by atoms with van der Waals surface area (Å²) < 4.78 is 15.8. The molecule has 0 saturated heterocycles. The minimum Gasteiger partial charge on any atom is -0.493 e. The van der Waals surface area contributed by atoms with Gasteiger partial charge in [0.15, 0.2) is 17.6 Å². The largest absolute Gasteiger partial charge is 0.493 e. The summed E-state index contributed by atoms with van der Waals surface area (Å²) in [4.78, 5) is 38.3. The van der Waals surface area contributed by atoms with E-state index in [2.05, 4.69) is 5.32 Å². The van der Waals surface area contributed by atoms with Crippen LogP contribution in [0.3, 0.4) is 0 Å². The normalized spacial score (nSPS) is 13.7. The number of hydrogen-bond acceptors (Lipinski definition) is 6. The molecule has 1 N–H and O–H groups in total. The summed E-state index contributed by atoms with van der Waals surface area (Å²) in [5, 5.41) is 2.72. The maximum atomic E-state index is 12.8. The number of nitrogens with one attached hydrogen (secondary N) is 1. The number of amides is 2. The number of carbonyl (C=O) groups is 3. The number of methoxy groups -OCH3 is 2. The van der Waals surface area contributed by atoms with Gasteiger partial charge in [0.2, 0.25) is 5.91 Å². The average molecular weight is 412 g/mol. The van der Waals surface area contributed by atoms with Crippen LogP contribution < -0.4 is 19.7 Å². The number of rotatable bonds is 7. The highest BCUT2D eigenvalue weighted by atomic mass is 16.5. The summed E-state index contributed by atoms with van der Waals surface area (Å²) >= 11 is 0. The number of aryl methyl sites for hydroxylation is 1. The van der Waals surface area contributed by atoms with Crippen LogP contribution in [0.2, 0.25) is 0 Å². The zero-order valence-electron chi connectivity index (χ0n) is 17.1. The predicted molar refractivity (Wildman–Crippen MR) is 111 cm³/mol. The quantitative estimate of drug-likeness (QED) is 0.703. The van der Waals surface area contributed by atoms with Gasteiger partial charge in [0.05, 0.1) is 25.6 Å². The number of carbonyl (C=O) groups excluding carboxylic acids is 3. The Kier molecular flexibility index (Phi) is 6.56. The number of ether oxygens (including phenoxy) is 3. The molecular formula is C22H24N2O6. The van der Waals surface area contributed by atoms with Gasteiger partial charge in [0, 0.05) is 6.42 Å². The minimum atomic E-state index is -1.01. The Hall–Kier alpha value is -3.55. The molecule has 1 aliphatic rings. The van der Waals surface area contributed by atoms with Gasteiger partial charge in [0.1, 0.15) is 6.54 Å². The maximum absolute atomic E-state index is 12.8. The molecule has 2 aromatic carbocycles. The Labute approximate surface area is 174 Å². The molecule has 1 atom stereocenters. The third-order valence-corrected chi connectivity index (χ3v) is 4.76. The molecule has 1 heterocycles. The van der Waals surface area contributed by atoms with Gasteiger partial charge in [-0.1, -0.05) is 18.2 Å². The molecule has 8 heteroatoms. The molecule has 0 aromatic heterocycles. The average Bonchev–Trinajstić information content (AvgIpc) is 2.76. The standard InChI is InChI=1S/C22H24N2O6/c1-14(22(27)24-13-20(25)23-16-6-4-5-7-17(16)24)30-21(26)11-9-15-8-10-18(28-2)19(12-15)29-3/h4-8,10,12,14H,9,11,13H2,1-3H3,(H,23,25)/t14-/m1/s1. The van der Waals surface area contributed by atoms with E-state index in [0.717, 1.165) is 5.56 Å². The lowest BCUT2D eigenvalue weighted by Crippen LogP contribution is -2.47. The van der Waals surface area contributed by atoms with Crippen LogP contribution in [0.15, 0.2) is 42.5 Å². The molecule has 0 fully saturated rings. The molecule has 0 saturated carbocycles. The van der Waals surface area contributed by atoms with Crippen molar-refractivity contribution < 1.29 is 28.6 Å². The van der Waals surface area contributed by atoms with Crippen molar-refractivity contribution in [3.05, 3.63) is 48.0 Å². The lowest BCUT2D eigenvalue weighted by molar-refractivity contribution is -0.153. The zero-order valence-corrected chi connectivity index (χ0v) is 17.1. The first-order chi connectivity index (χ1) is 14.4. The highest BCUT2D eigenvalue weighted by Crippen LogP contribution is 2.30. The van der Waals surface area contributed by atoms with E-state index in [1.165, 1.54) is 11.8 Å². The molecule has 0 aliphatic carbocycles. The molecule has 0 bridgehead atoms. The molecule has 2 aromatic rings. The fraction of sp³-hybridized carbons (Fsp3) is 0.318. The third kappa shape index (κ3) is 4.71. The van der Waals surface area contributed by atoms with Crippen molar-refractivity contribution in [2.45, 2.75) is 25.9 Å². The molecular weight excluding hydrogens is 388 g/mol. The monoisotopic (exact) mass is 412 g/mol. The second-order valence-electron chi connectivity index (χ2n) is 6.81. The number of esters is 1. The van der Waals surface area contributed by atoms with Gasteiger partial charge >= 0.3 is 5.97 Å². The van der Waals surface area contributed by atoms with Gasteiger partial charge in [-0.2, -0.15) is 0 Å². The van der Waals surface area contributed by atoms with Crippen LogP contribution in [0.5, 0.6) is 11.5 Å². The first-order valence-electron chi connectivity index (χ1n) is 9.53. The first-order valence-corrected chi connectivity index (χ1v) is 9.53. The second-order valence-corrected chi connectivity index (χ2v) is 6.81. The van der Waals surface area contributed by atoms with E-state index in [1.807, 2.05) is 6.07 Å². The van der Waals surface area contributed by atoms with E-state index in [-0.39, 0.29) is 18.9 Å². The van der Waals surface area contributed by atoms with Gasteiger partial charge in [-0.25, -0.2) is 0 Å². The van der Waals surface area contributed by atoms with Crippen molar-refractivity contribution in [2.24, 2.45) is 0 Å². The van der Waals surface area contributed by atoms with E-state index in [4.69, 9.17) is 14.2 Å². The summed E-state index contributed by atoms with van der Waals surface area (Å²) in [5.74, 6) is -0.0611. The fourth-order valence-electron chi connectivity index (χ4n) is 3.24. The van der Waals surface area contributed by atoms with E-state index in [1.54, 1.807) is 50.6 Å². The zero-order chi connectivity index (χ0) is 21.7. The van der Waals surface area contributed by atoms with E-state index in [9.17, 15) is 14.4 Å². The van der Waals surface area contributed by atoms with Gasteiger partial charge in [-0.05, 0) is 43.2 Å².